The van der Waals surface area contributed by atoms with Crippen molar-refractivity contribution < 1.29 is 9.32 Å². The number of fused-ring (bicyclic) bond motifs is 1. The van der Waals surface area contributed by atoms with E-state index in [1.165, 1.54) is 5.56 Å². The molecule has 3 heterocycles. The molecule has 5 rings (SSSR count). The van der Waals surface area contributed by atoms with Gasteiger partial charge in [-0.15, -0.1) is 0 Å². The van der Waals surface area contributed by atoms with Gasteiger partial charge in [-0.3, -0.25) is 9.48 Å². The highest BCUT2D eigenvalue weighted by molar-refractivity contribution is 6.31. The van der Waals surface area contributed by atoms with Crippen molar-refractivity contribution >= 4 is 28.4 Å². The van der Waals surface area contributed by atoms with Gasteiger partial charge in [-0.05, 0) is 38.0 Å². The number of halogens is 1. The van der Waals surface area contributed by atoms with Crippen molar-refractivity contribution in [1.29, 1.82) is 0 Å². The Balaban J connectivity index is 1.16. The number of nitrogens with zero attached hydrogens (tertiary/aromatic N) is 5. The van der Waals surface area contributed by atoms with Gasteiger partial charge < -0.3 is 9.42 Å². The molecule has 0 radical (unpaired) electrons. The molecule has 4 aromatic rings. The van der Waals surface area contributed by atoms with Gasteiger partial charge in [0.15, 0.2) is 0 Å². The number of carbonyl (C=O) groups excluding carboxylic acids is 1. The summed E-state index contributed by atoms with van der Waals surface area (Å²) in [5.41, 5.74) is 3.09. The second kappa shape index (κ2) is 8.74. The van der Waals surface area contributed by atoms with Crippen LogP contribution >= 0.6 is 11.6 Å². The summed E-state index contributed by atoms with van der Waals surface area (Å²) in [5.74, 6) is 1.60. The molecule has 0 spiro atoms. The van der Waals surface area contributed by atoms with Crippen LogP contribution in [-0.2, 0) is 11.3 Å². The van der Waals surface area contributed by atoms with E-state index in [-0.39, 0.29) is 11.8 Å². The standard InChI is InChI=1S/C24H24ClN5O2/c1-16-2-4-17(5-3-16)23-27-24(32-28-23)18-8-11-29(12-9-18)22(31)10-13-30-21-14-20(25)7-6-19(21)15-26-30/h2-7,14-15,18H,8-13H2,1H3. The molecule has 1 amide bonds. The number of likely N-dealkylation sites (tertiary alicyclic amines) is 1. The van der Waals surface area contributed by atoms with Crippen LogP contribution in [0.15, 0.2) is 53.2 Å². The van der Waals surface area contributed by atoms with E-state index < -0.39 is 0 Å². The zero-order chi connectivity index (χ0) is 22.1. The Morgan fingerprint density at radius 3 is 2.72 bits per heavy atom. The highest BCUT2D eigenvalue weighted by Gasteiger charge is 2.27. The number of aromatic nitrogens is 4. The van der Waals surface area contributed by atoms with E-state index >= 15 is 0 Å². The number of hydrogen-bond acceptors (Lipinski definition) is 5. The van der Waals surface area contributed by atoms with Crippen molar-refractivity contribution in [3.8, 4) is 11.4 Å². The van der Waals surface area contributed by atoms with Gasteiger partial charge in [-0.2, -0.15) is 10.1 Å². The Kier molecular flexibility index (Phi) is 5.66. The van der Waals surface area contributed by atoms with Crippen molar-refractivity contribution in [3.05, 3.63) is 65.1 Å². The average molecular weight is 450 g/mol. The van der Waals surface area contributed by atoms with Gasteiger partial charge in [0.25, 0.3) is 0 Å². The van der Waals surface area contributed by atoms with Crippen molar-refractivity contribution in [3.63, 3.8) is 0 Å². The first-order valence-electron chi connectivity index (χ1n) is 10.9. The molecule has 0 bridgehead atoms. The molecular formula is C24H24ClN5O2. The van der Waals surface area contributed by atoms with Crippen LogP contribution in [0.1, 0.15) is 36.6 Å². The lowest BCUT2D eigenvalue weighted by Gasteiger charge is -2.30. The average Bonchev–Trinajstić information content (AvgIpc) is 3.45. The maximum absolute atomic E-state index is 12.8. The largest absolute Gasteiger partial charge is 0.343 e. The van der Waals surface area contributed by atoms with Crippen LogP contribution in [-0.4, -0.2) is 43.8 Å². The maximum Gasteiger partial charge on any atom is 0.230 e. The summed E-state index contributed by atoms with van der Waals surface area (Å²) in [5, 5.41) is 10.2. The topological polar surface area (TPSA) is 77.0 Å². The molecule has 2 aromatic heterocycles. The zero-order valence-corrected chi connectivity index (χ0v) is 18.6. The van der Waals surface area contributed by atoms with Crippen LogP contribution in [0.5, 0.6) is 0 Å². The van der Waals surface area contributed by atoms with E-state index in [0.29, 0.717) is 42.8 Å². The summed E-state index contributed by atoms with van der Waals surface area (Å²) in [6, 6.07) is 13.7. The molecule has 8 heteroatoms. The lowest BCUT2D eigenvalue weighted by Crippen LogP contribution is -2.38. The predicted molar refractivity (Wildman–Crippen MR) is 122 cm³/mol. The van der Waals surface area contributed by atoms with E-state index in [4.69, 9.17) is 16.1 Å². The van der Waals surface area contributed by atoms with E-state index in [1.807, 2.05) is 59.0 Å². The first-order chi connectivity index (χ1) is 15.6. The number of carbonyl (C=O) groups is 1. The molecule has 0 N–H and O–H groups in total. The number of amides is 1. The third-order valence-corrected chi connectivity index (χ3v) is 6.33. The Hall–Kier alpha value is -3.19. The van der Waals surface area contributed by atoms with Gasteiger partial charge in [0.05, 0.1) is 18.3 Å². The van der Waals surface area contributed by atoms with E-state index in [9.17, 15) is 4.79 Å². The summed E-state index contributed by atoms with van der Waals surface area (Å²) in [4.78, 5) is 19.3. The molecule has 32 heavy (non-hydrogen) atoms. The Morgan fingerprint density at radius 1 is 1.16 bits per heavy atom. The lowest BCUT2D eigenvalue weighted by molar-refractivity contribution is -0.132. The zero-order valence-electron chi connectivity index (χ0n) is 17.9. The van der Waals surface area contributed by atoms with Crippen molar-refractivity contribution in [2.45, 2.75) is 38.6 Å². The van der Waals surface area contributed by atoms with Gasteiger partial charge >= 0.3 is 0 Å². The van der Waals surface area contributed by atoms with Crippen LogP contribution in [0.2, 0.25) is 5.02 Å². The highest BCUT2D eigenvalue weighted by atomic mass is 35.5. The van der Waals surface area contributed by atoms with Crippen molar-refractivity contribution in [1.82, 2.24) is 24.8 Å². The van der Waals surface area contributed by atoms with Gasteiger partial charge in [-0.25, -0.2) is 0 Å². The molecule has 1 aliphatic heterocycles. The maximum atomic E-state index is 12.8. The molecule has 0 saturated carbocycles. The molecule has 0 aliphatic carbocycles. The molecule has 0 unspecified atom stereocenters. The normalized spacial score (nSPS) is 14.9. The smallest absolute Gasteiger partial charge is 0.230 e. The molecule has 164 valence electrons. The molecule has 0 atom stereocenters. The fourth-order valence-electron chi connectivity index (χ4n) is 4.18. The Morgan fingerprint density at radius 2 is 1.94 bits per heavy atom. The lowest BCUT2D eigenvalue weighted by atomic mass is 9.96. The number of benzene rings is 2. The molecule has 7 nitrogen and oxygen atoms in total. The van der Waals surface area contributed by atoms with Gasteiger partial charge in [-0.1, -0.05) is 46.6 Å². The summed E-state index contributed by atoms with van der Waals surface area (Å²) in [7, 11) is 0. The number of rotatable bonds is 5. The predicted octanol–water partition coefficient (Wildman–Crippen LogP) is 4.84. The van der Waals surface area contributed by atoms with Crippen LogP contribution in [0.4, 0.5) is 0 Å². The van der Waals surface area contributed by atoms with Gasteiger partial charge in [0.1, 0.15) is 0 Å². The number of piperidine rings is 1. The third kappa shape index (κ3) is 4.25. The van der Waals surface area contributed by atoms with E-state index in [0.717, 1.165) is 29.3 Å². The quantitative estimate of drug-likeness (QED) is 0.435. The fraction of sp³-hybridized carbons (Fsp3) is 0.333. The summed E-state index contributed by atoms with van der Waals surface area (Å²) >= 11 is 6.11. The summed E-state index contributed by atoms with van der Waals surface area (Å²) < 4.78 is 7.39. The monoisotopic (exact) mass is 449 g/mol. The van der Waals surface area contributed by atoms with Crippen LogP contribution < -0.4 is 0 Å². The second-order valence-electron chi connectivity index (χ2n) is 8.30. The third-order valence-electron chi connectivity index (χ3n) is 6.09. The van der Waals surface area contributed by atoms with E-state index in [2.05, 4.69) is 15.2 Å². The van der Waals surface area contributed by atoms with Gasteiger partial charge in [0.2, 0.25) is 17.6 Å². The fourth-order valence-corrected chi connectivity index (χ4v) is 4.34. The van der Waals surface area contributed by atoms with Crippen LogP contribution in [0, 0.1) is 6.92 Å². The Labute approximate surface area is 191 Å². The molecule has 1 saturated heterocycles. The van der Waals surface area contributed by atoms with Crippen LogP contribution in [0.25, 0.3) is 22.3 Å². The minimum absolute atomic E-state index is 0.139. The number of aryl methyl sites for hydroxylation is 2. The minimum Gasteiger partial charge on any atom is -0.343 e. The van der Waals surface area contributed by atoms with Gasteiger partial charge in [0, 0.05) is 41.4 Å². The van der Waals surface area contributed by atoms with Crippen molar-refractivity contribution in [2.75, 3.05) is 13.1 Å². The first kappa shape index (κ1) is 20.7. The summed E-state index contributed by atoms with van der Waals surface area (Å²) in [6.45, 7) is 3.97. The second-order valence-corrected chi connectivity index (χ2v) is 8.73. The molecular weight excluding hydrogens is 426 g/mol. The summed E-state index contributed by atoms with van der Waals surface area (Å²) in [6.07, 6.45) is 3.85. The molecule has 2 aromatic carbocycles. The highest BCUT2D eigenvalue weighted by Crippen LogP contribution is 2.29. The van der Waals surface area contributed by atoms with Crippen molar-refractivity contribution in [2.24, 2.45) is 0 Å². The first-order valence-corrected chi connectivity index (χ1v) is 11.2. The SMILES string of the molecule is Cc1ccc(-c2noc(C3CCN(C(=O)CCn4ncc5ccc(Cl)cc54)CC3)n2)cc1. The molecule has 1 aliphatic rings. The Bertz CT molecular complexity index is 1240. The van der Waals surface area contributed by atoms with Crippen LogP contribution in [0.3, 0.4) is 0 Å². The van der Waals surface area contributed by atoms with E-state index in [1.54, 1.807) is 6.20 Å². The minimum atomic E-state index is 0.139. The number of hydrogen-bond donors (Lipinski definition) is 0. The molecule has 1 fully saturated rings.